The van der Waals surface area contributed by atoms with Gasteiger partial charge in [0.15, 0.2) is 5.78 Å². The van der Waals surface area contributed by atoms with Gasteiger partial charge in [0.25, 0.3) is 0 Å². The minimum Gasteiger partial charge on any atom is -0.295 e. The minimum absolute atomic E-state index is 0.115. The van der Waals surface area contributed by atoms with Gasteiger partial charge in [0.1, 0.15) is 0 Å². The number of allylic oxidation sites excluding steroid dienone is 1. The van der Waals surface area contributed by atoms with Crippen LogP contribution >= 0.6 is 0 Å². The van der Waals surface area contributed by atoms with Crippen molar-refractivity contribution in [3.8, 4) is 0 Å². The molecule has 0 N–H and O–H groups in total. The van der Waals surface area contributed by atoms with Gasteiger partial charge in [0.2, 0.25) is 0 Å². The second kappa shape index (κ2) is 7.50. The van der Waals surface area contributed by atoms with Gasteiger partial charge in [-0.2, -0.15) is 0 Å². The van der Waals surface area contributed by atoms with Gasteiger partial charge in [-0.15, -0.1) is 0 Å². The van der Waals surface area contributed by atoms with E-state index in [0.717, 1.165) is 11.1 Å². The van der Waals surface area contributed by atoms with Gasteiger partial charge in [-0.1, -0.05) is 60.7 Å². The first kappa shape index (κ1) is 15.1. The third kappa shape index (κ3) is 4.65. The Morgan fingerprint density at radius 2 is 1.52 bits per heavy atom. The van der Waals surface area contributed by atoms with Crippen LogP contribution in [0.15, 0.2) is 72.1 Å². The molecule has 0 aliphatic carbocycles. The quantitative estimate of drug-likeness (QED) is 0.780. The maximum Gasteiger partial charge on any atom is 0.153 e. The number of hydrogen-bond acceptors (Lipinski definition) is 2. The van der Waals surface area contributed by atoms with Gasteiger partial charge in [-0.3, -0.25) is 4.79 Å². The van der Waals surface area contributed by atoms with E-state index in [9.17, 15) is 9.00 Å². The van der Waals surface area contributed by atoms with Gasteiger partial charge in [-0.25, -0.2) is 4.21 Å². The number of carbonyl (C=O) groups is 1. The summed E-state index contributed by atoms with van der Waals surface area (Å²) in [6.45, 7) is 1.46. The first-order valence-corrected chi connectivity index (χ1v) is 7.79. The van der Waals surface area contributed by atoms with Crippen molar-refractivity contribution in [3.05, 3.63) is 83.3 Å². The van der Waals surface area contributed by atoms with Crippen LogP contribution in [0, 0.1) is 0 Å². The van der Waals surface area contributed by atoms with Crippen molar-refractivity contribution in [2.24, 2.45) is 0 Å². The Labute approximate surface area is 127 Å². The molecule has 0 aliphatic heterocycles. The van der Waals surface area contributed by atoms with E-state index in [1.54, 1.807) is 11.5 Å². The lowest BCUT2D eigenvalue weighted by Crippen LogP contribution is -1.95. The Hall–Kier alpha value is -2.26. The number of rotatable bonds is 5. The molecule has 106 valence electrons. The highest BCUT2D eigenvalue weighted by molar-refractivity contribution is 7.97. The molecule has 0 spiro atoms. The first-order valence-electron chi connectivity index (χ1n) is 6.58. The Morgan fingerprint density at radius 1 is 0.952 bits per heavy atom. The maximum atomic E-state index is 12.5. The van der Waals surface area contributed by atoms with Gasteiger partial charge in [-0.05, 0) is 30.2 Å². The van der Waals surface area contributed by atoms with E-state index in [2.05, 4.69) is 0 Å². The molecule has 0 aliphatic rings. The molecule has 0 saturated carbocycles. The minimum atomic E-state index is -1.37. The predicted octanol–water partition coefficient (Wildman–Crippen LogP) is 4.04. The molecule has 0 aromatic heterocycles. The number of hydrogen-bond donors (Lipinski definition) is 0. The van der Waals surface area contributed by atoms with Crippen molar-refractivity contribution in [1.29, 1.82) is 0 Å². The second-order valence-corrected chi connectivity index (χ2v) is 5.80. The zero-order valence-corrected chi connectivity index (χ0v) is 12.5. The van der Waals surface area contributed by atoms with E-state index in [1.807, 2.05) is 60.7 Å². The van der Waals surface area contributed by atoms with E-state index in [4.69, 9.17) is 0 Å². The molecule has 0 saturated heterocycles. The van der Waals surface area contributed by atoms with Crippen LogP contribution < -0.4 is 0 Å². The standard InChI is InChI=1S/C18H16O2S/c1-15(19)14-18(17-10-6-3-7-11-17)21(20)13-12-16-8-4-2-5-9-16/h2-14H,1H3/b13-12?,18-14-. The van der Waals surface area contributed by atoms with Crippen LogP contribution in [0.4, 0.5) is 0 Å². The van der Waals surface area contributed by atoms with Crippen LogP contribution in [-0.2, 0) is 15.6 Å². The van der Waals surface area contributed by atoms with Crippen molar-refractivity contribution in [2.75, 3.05) is 0 Å². The average molecular weight is 296 g/mol. The molecule has 0 fully saturated rings. The lowest BCUT2D eigenvalue weighted by Gasteiger charge is -2.04. The summed E-state index contributed by atoms with van der Waals surface area (Å²) in [4.78, 5) is 11.9. The second-order valence-electron chi connectivity index (χ2n) is 4.50. The van der Waals surface area contributed by atoms with Crippen LogP contribution in [0.1, 0.15) is 18.1 Å². The molecule has 0 amide bonds. The summed E-state index contributed by atoms with van der Waals surface area (Å²) < 4.78 is 12.5. The van der Waals surface area contributed by atoms with Gasteiger partial charge >= 0.3 is 0 Å². The lowest BCUT2D eigenvalue weighted by molar-refractivity contribution is -0.112. The smallest absolute Gasteiger partial charge is 0.153 e. The Kier molecular flexibility index (Phi) is 5.41. The predicted molar refractivity (Wildman–Crippen MR) is 88.7 cm³/mol. The van der Waals surface area contributed by atoms with Crippen molar-refractivity contribution in [1.82, 2.24) is 0 Å². The molecule has 2 nitrogen and oxygen atoms in total. The largest absolute Gasteiger partial charge is 0.295 e. The molecular weight excluding hydrogens is 280 g/mol. The summed E-state index contributed by atoms with van der Waals surface area (Å²) in [7, 11) is -1.37. The Morgan fingerprint density at radius 3 is 2.10 bits per heavy atom. The van der Waals surface area contributed by atoms with Crippen LogP contribution in [0.5, 0.6) is 0 Å². The van der Waals surface area contributed by atoms with Crippen molar-refractivity contribution >= 4 is 27.6 Å². The fourth-order valence-electron chi connectivity index (χ4n) is 1.82. The normalized spacial score (nSPS) is 13.3. The highest BCUT2D eigenvalue weighted by atomic mass is 32.2. The number of carbonyl (C=O) groups excluding carboxylic acids is 1. The Bertz CT molecular complexity index is 686. The van der Waals surface area contributed by atoms with Crippen LogP contribution in [0.3, 0.4) is 0 Å². The molecule has 21 heavy (non-hydrogen) atoms. The third-order valence-electron chi connectivity index (χ3n) is 2.79. The van der Waals surface area contributed by atoms with Gasteiger partial charge in [0, 0.05) is 5.41 Å². The third-order valence-corrected chi connectivity index (χ3v) is 3.96. The number of ketones is 1. The monoisotopic (exact) mass is 296 g/mol. The van der Waals surface area contributed by atoms with E-state index in [-0.39, 0.29) is 5.78 Å². The number of benzene rings is 2. The van der Waals surface area contributed by atoms with Crippen LogP contribution in [0.25, 0.3) is 11.0 Å². The lowest BCUT2D eigenvalue weighted by atomic mass is 10.2. The van der Waals surface area contributed by atoms with Crippen LogP contribution in [-0.4, -0.2) is 9.99 Å². The molecular formula is C18H16O2S. The van der Waals surface area contributed by atoms with E-state index in [1.165, 1.54) is 13.0 Å². The fourth-order valence-corrected chi connectivity index (χ4v) is 2.90. The zero-order chi connectivity index (χ0) is 15.1. The molecule has 1 unspecified atom stereocenters. The summed E-state index contributed by atoms with van der Waals surface area (Å²) >= 11 is 0. The summed E-state index contributed by atoms with van der Waals surface area (Å²) in [5, 5.41) is 1.61. The summed E-state index contributed by atoms with van der Waals surface area (Å²) in [5.41, 5.74) is 1.77. The zero-order valence-electron chi connectivity index (χ0n) is 11.7. The molecule has 2 rings (SSSR count). The molecule has 2 aromatic rings. The molecule has 3 heteroatoms. The van der Waals surface area contributed by atoms with Gasteiger partial charge < -0.3 is 0 Å². The first-order chi connectivity index (χ1) is 10.2. The summed E-state index contributed by atoms with van der Waals surface area (Å²) in [6, 6.07) is 19.0. The molecule has 0 radical (unpaired) electrons. The maximum absolute atomic E-state index is 12.5. The summed E-state index contributed by atoms with van der Waals surface area (Å²) in [5.74, 6) is -0.115. The van der Waals surface area contributed by atoms with E-state index >= 15 is 0 Å². The fraction of sp³-hybridized carbons (Fsp3) is 0.0556. The SMILES string of the molecule is CC(=O)/C=C(/c1ccccc1)S(=O)C=Cc1ccccc1. The van der Waals surface area contributed by atoms with Crippen molar-refractivity contribution < 1.29 is 9.00 Å². The van der Waals surface area contributed by atoms with Crippen LogP contribution in [0.2, 0.25) is 0 Å². The molecule has 1 atom stereocenters. The average Bonchev–Trinajstić information content (AvgIpc) is 2.52. The molecule has 0 bridgehead atoms. The van der Waals surface area contributed by atoms with E-state index < -0.39 is 10.8 Å². The van der Waals surface area contributed by atoms with Gasteiger partial charge in [0.05, 0.1) is 15.7 Å². The highest BCUT2D eigenvalue weighted by Gasteiger charge is 2.08. The summed E-state index contributed by atoms with van der Waals surface area (Å²) in [6.07, 6.45) is 3.23. The Balaban J connectivity index is 2.28. The van der Waals surface area contributed by atoms with Crippen molar-refractivity contribution in [3.63, 3.8) is 0 Å². The highest BCUT2D eigenvalue weighted by Crippen LogP contribution is 2.20. The molecule has 0 heterocycles. The van der Waals surface area contributed by atoms with Crippen molar-refractivity contribution in [2.45, 2.75) is 6.92 Å². The molecule has 2 aromatic carbocycles. The topological polar surface area (TPSA) is 34.1 Å². The van der Waals surface area contributed by atoms with E-state index in [0.29, 0.717) is 4.91 Å².